The zero-order valence-electron chi connectivity index (χ0n) is 12.9. The lowest BCUT2D eigenvalue weighted by molar-refractivity contribution is 0.415. The Labute approximate surface area is 136 Å². The lowest BCUT2D eigenvalue weighted by atomic mass is 10.0. The van der Waals surface area contributed by atoms with Gasteiger partial charge in [0.05, 0.1) is 19.0 Å². The number of benzene rings is 3. The van der Waals surface area contributed by atoms with E-state index in [2.05, 4.69) is 28.7 Å². The minimum atomic E-state index is 0.861. The number of hydrogen-bond acceptors (Lipinski definition) is 3. The van der Waals surface area contributed by atoms with Crippen LogP contribution in [0.5, 0.6) is 5.75 Å². The zero-order chi connectivity index (χ0) is 15.9. The molecule has 0 fully saturated rings. The summed E-state index contributed by atoms with van der Waals surface area (Å²) in [5.41, 5.74) is 7.30. The van der Waals surface area contributed by atoms with Crippen molar-refractivity contribution in [1.82, 2.24) is 0 Å². The predicted molar refractivity (Wildman–Crippen MR) is 96.1 cm³/mol. The summed E-state index contributed by atoms with van der Waals surface area (Å²) in [6.07, 6.45) is 1.81. The van der Waals surface area contributed by atoms with Crippen molar-refractivity contribution < 1.29 is 4.74 Å². The highest BCUT2D eigenvalue weighted by Crippen LogP contribution is 2.23. The topological polar surface area (TPSA) is 33.6 Å². The van der Waals surface area contributed by atoms with E-state index < -0.39 is 0 Å². The van der Waals surface area contributed by atoms with E-state index in [1.165, 1.54) is 0 Å². The molecule has 3 aromatic carbocycles. The molecule has 0 aliphatic rings. The SMILES string of the molecule is COc1cccc(-c2ccc(C=NNc3ccccc3)cc2)c1. The van der Waals surface area contributed by atoms with E-state index in [1.54, 1.807) is 7.11 Å². The molecule has 3 aromatic rings. The summed E-state index contributed by atoms with van der Waals surface area (Å²) in [7, 11) is 1.68. The molecule has 1 N–H and O–H groups in total. The summed E-state index contributed by atoms with van der Waals surface area (Å²) >= 11 is 0. The predicted octanol–water partition coefficient (Wildman–Crippen LogP) is 4.81. The van der Waals surface area contributed by atoms with Crippen molar-refractivity contribution in [2.24, 2.45) is 5.10 Å². The van der Waals surface area contributed by atoms with Gasteiger partial charge in [-0.15, -0.1) is 0 Å². The molecule has 0 aromatic heterocycles. The molecular weight excluding hydrogens is 284 g/mol. The van der Waals surface area contributed by atoms with E-state index >= 15 is 0 Å². The third-order valence-corrected chi connectivity index (χ3v) is 3.49. The van der Waals surface area contributed by atoms with Gasteiger partial charge >= 0.3 is 0 Å². The molecule has 114 valence electrons. The summed E-state index contributed by atoms with van der Waals surface area (Å²) in [5.74, 6) is 0.861. The fraction of sp³-hybridized carbons (Fsp3) is 0.0500. The normalized spacial score (nSPS) is 10.7. The summed E-state index contributed by atoms with van der Waals surface area (Å²) in [5, 5.41) is 4.25. The van der Waals surface area contributed by atoms with Gasteiger partial charge in [0.1, 0.15) is 5.75 Å². The van der Waals surface area contributed by atoms with E-state index in [-0.39, 0.29) is 0 Å². The molecule has 0 unspecified atom stereocenters. The minimum absolute atomic E-state index is 0.861. The minimum Gasteiger partial charge on any atom is -0.497 e. The molecule has 0 aliphatic heterocycles. The van der Waals surface area contributed by atoms with Gasteiger partial charge in [0.2, 0.25) is 0 Å². The second-order valence-electron chi connectivity index (χ2n) is 5.09. The quantitative estimate of drug-likeness (QED) is 0.542. The summed E-state index contributed by atoms with van der Waals surface area (Å²) in [6, 6.07) is 26.2. The van der Waals surface area contributed by atoms with Crippen LogP contribution in [0.4, 0.5) is 5.69 Å². The smallest absolute Gasteiger partial charge is 0.119 e. The number of nitrogens with one attached hydrogen (secondary N) is 1. The van der Waals surface area contributed by atoms with Crippen LogP contribution in [-0.2, 0) is 0 Å². The molecule has 3 rings (SSSR count). The molecule has 3 heteroatoms. The molecule has 0 radical (unpaired) electrons. The first-order chi connectivity index (χ1) is 11.3. The Bertz CT molecular complexity index is 780. The first kappa shape index (κ1) is 14.9. The molecule has 0 bridgehead atoms. The third kappa shape index (κ3) is 3.98. The maximum atomic E-state index is 5.27. The summed E-state index contributed by atoms with van der Waals surface area (Å²) < 4.78 is 5.27. The van der Waals surface area contributed by atoms with Crippen LogP contribution in [0, 0.1) is 0 Å². The average molecular weight is 302 g/mol. The number of anilines is 1. The van der Waals surface area contributed by atoms with E-state index in [9.17, 15) is 0 Å². The van der Waals surface area contributed by atoms with Gasteiger partial charge in [-0.25, -0.2) is 0 Å². The largest absolute Gasteiger partial charge is 0.497 e. The van der Waals surface area contributed by atoms with E-state index in [4.69, 9.17) is 4.74 Å². The van der Waals surface area contributed by atoms with Crippen LogP contribution in [0.15, 0.2) is 84.0 Å². The van der Waals surface area contributed by atoms with E-state index in [0.717, 1.165) is 28.1 Å². The number of ether oxygens (including phenoxy) is 1. The van der Waals surface area contributed by atoms with Crippen molar-refractivity contribution in [2.75, 3.05) is 12.5 Å². The first-order valence-electron chi connectivity index (χ1n) is 7.44. The Morgan fingerprint density at radius 3 is 2.35 bits per heavy atom. The molecule has 3 nitrogen and oxygen atoms in total. The Kier molecular flexibility index (Phi) is 4.69. The highest BCUT2D eigenvalue weighted by Gasteiger charge is 1.99. The van der Waals surface area contributed by atoms with Crippen molar-refractivity contribution in [3.8, 4) is 16.9 Å². The highest BCUT2D eigenvalue weighted by atomic mass is 16.5. The first-order valence-corrected chi connectivity index (χ1v) is 7.44. The third-order valence-electron chi connectivity index (χ3n) is 3.49. The Balaban J connectivity index is 1.69. The lowest BCUT2D eigenvalue weighted by Crippen LogP contribution is -1.90. The molecule has 0 atom stereocenters. The highest BCUT2D eigenvalue weighted by molar-refractivity contribution is 5.81. The van der Waals surface area contributed by atoms with Crippen LogP contribution in [0.25, 0.3) is 11.1 Å². The zero-order valence-corrected chi connectivity index (χ0v) is 12.9. The average Bonchev–Trinajstić information content (AvgIpc) is 2.63. The van der Waals surface area contributed by atoms with Crippen LogP contribution in [0.2, 0.25) is 0 Å². The summed E-state index contributed by atoms with van der Waals surface area (Å²) in [4.78, 5) is 0. The van der Waals surface area contributed by atoms with Gasteiger partial charge in [-0.1, -0.05) is 54.6 Å². The van der Waals surface area contributed by atoms with E-state index in [0.29, 0.717) is 0 Å². The van der Waals surface area contributed by atoms with Gasteiger partial charge in [-0.2, -0.15) is 5.10 Å². The van der Waals surface area contributed by atoms with Crippen LogP contribution in [-0.4, -0.2) is 13.3 Å². The summed E-state index contributed by atoms with van der Waals surface area (Å²) in [6.45, 7) is 0. The van der Waals surface area contributed by atoms with Gasteiger partial charge in [0.25, 0.3) is 0 Å². The second kappa shape index (κ2) is 7.27. The molecule has 0 aliphatic carbocycles. The van der Waals surface area contributed by atoms with Crippen LogP contribution in [0.1, 0.15) is 5.56 Å². The number of nitrogens with zero attached hydrogens (tertiary/aromatic N) is 1. The Morgan fingerprint density at radius 2 is 1.61 bits per heavy atom. The standard InChI is InChI=1S/C20H18N2O/c1-23-20-9-5-6-18(14-20)17-12-10-16(11-13-17)15-21-22-19-7-3-2-4-8-19/h2-15,22H,1H3. The number of para-hydroxylation sites is 1. The molecular formula is C20H18N2O. The van der Waals surface area contributed by atoms with Crippen molar-refractivity contribution >= 4 is 11.9 Å². The van der Waals surface area contributed by atoms with Crippen molar-refractivity contribution in [3.05, 3.63) is 84.4 Å². The maximum Gasteiger partial charge on any atom is 0.119 e. The van der Waals surface area contributed by atoms with Gasteiger partial charge in [0, 0.05) is 0 Å². The Morgan fingerprint density at radius 1 is 0.826 bits per heavy atom. The molecule has 0 spiro atoms. The molecule has 0 saturated carbocycles. The van der Waals surface area contributed by atoms with Gasteiger partial charge in [-0.05, 0) is 41.0 Å². The fourth-order valence-corrected chi connectivity index (χ4v) is 2.26. The molecule has 0 heterocycles. The van der Waals surface area contributed by atoms with Crippen molar-refractivity contribution in [3.63, 3.8) is 0 Å². The second-order valence-corrected chi connectivity index (χ2v) is 5.09. The number of hydrogen-bond donors (Lipinski definition) is 1. The number of methoxy groups -OCH3 is 1. The molecule has 0 saturated heterocycles. The molecule has 23 heavy (non-hydrogen) atoms. The van der Waals surface area contributed by atoms with Crippen LogP contribution < -0.4 is 10.2 Å². The van der Waals surface area contributed by atoms with Crippen LogP contribution in [0.3, 0.4) is 0 Å². The monoisotopic (exact) mass is 302 g/mol. The maximum absolute atomic E-state index is 5.27. The van der Waals surface area contributed by atoms with Crippen LogP contribution >= 0.6 is 0 Å². The number of hydrazone groups is 1. The van der Waals surface area contributed by atoms with Crippen molar-refractivity contribution in [1.29, 1.82) is 0 Å². The Hall–Kier alpha value is -3.07. The lowest BCUT2D eigenvalue weighted by Gasteiger charge is -2.05. The fourth-order valence-electron chi connectivity index (χ4n) is 2.26. The molecule has 0 amide bonds. The van der Waals surface area contributed by atoms with Gasteiger partial charge in [0.15, 0.2) is 0 Å². The van der Waals surface area contributed by atoms with Gasteiger partial charge in [-0.3, -0.25) is 5.43 Å². The number of rotatable bonds is 5. The van der Waals surface area contributed by atoms with E-state index in [1.807, 2.05) is 66.9 Å². The van der Waals surface area contributed by atoms with Gasteiger partial charge < -0.3 is 4.74 Å². The van der Waals surface area contributed by atoms with Crippen molar-refractivity contribution in [2.45, 2.75) is 0 Å².